The average molecular weight is 455 g/mol. The van der Waals surface area contributed by atoms with E-state index in [2.05, 4.69) is 5.10 Å². The molecule has 1 unspecified atom stereocenters. The van der Waals surface area contributed by atoms with Crippen LogP contribution in [-0.2, 0) is 4.79 Å². The van der Waals surface area contributed by atoms with Gasteiger partial charge in [-0.05, 0) is 35.7 Å². The van der Waals surface area contributed by atoms with Crippen molar-refractivity contribution >= 4 is 40.8 Å². The van der Waals surface area contributed by atoms with Crippen LogP contribution in [0.3, 0.4) is 0 Å². The van der Waals surface area contributed by atoms with Crippen LogP contribution in [0.15, 0.2) is 65.1 Å². The van der Waals surface area contributed by atoms with Gasteiger partial charge in [0.15, 0.2) is 18.1 Å². The summed E-state index contributed by atoms with van der Waals surface area (Å²) < 4.78 is 11.0. The predicted molar refractivity (Wildman–Crippen MR) is 120 cm³/mol. The molecule has 3 aromatic rings. The van der Waals surface area contributed by atoms with Crippen LogP contribution in [0.25, 0.3) is 0 Å². The number of benzene rings is 2. The molecule has 4 rings (SSSR count). The van der Waals surface area contributed by atoms with E-state index >= 15 is 0 Å². The fourth-order valence-electron chi connectivity index (χ4n) is 3.38. The molecule has 0 spiro atoms. The van der Waals surface area contributed by atoms with Crippen LogP contribution in [0.1, 0.15) is 33.3 Å². The molecule has 0 N–H and O–H groups in total. The summed E-state index contributed by atoms with van der Waals surface area (Å²) in [5, 5.41) is 8.64. The minimum Gasteiger partial charge on any atom is -0.493 e. The number of aldehydes is 1. The van der Waals surface area contributed by atoms with Crippen LogP contribution in [0.5, 0.6) is 11.5 Å². The van der Waals surface area contributed by atoms with E-state index in [4.69, 9.17) is 21.1 Å². The van der Waals surface area contributed by atoms with E-state index in [1.54, 1.807) is 29.5 Å². The van der Waals surface area contributed by atoms with Crippen molar-refractivity contribution in [3.63, 3.8) is 0 Å². The summed E-state index contributed by atoms with van der Waals surface area (Å²) in [4.78, 5) is 25.1. The molecule has 0 bridgehead atoms. The number of hydrogen-bond donors (Lipinski definition) is 0. The number of nitrogens with zero attached hydrogens (tertiary/aromatic N) is 2. The Hall–Kier alpha value is -3.16. The zero-order valence-corrected chi connectivity index (χ0v) is 18.2. The Balaban J connectivity index is 1.57. The van der Waals surface area contributed by atoms with E-state index in [-0.39, 0.29) is 18.6 Å². The number of amides is 1. The molecule has 0 radical (unpaired) electrons. The van der Waals surface area contributed by atoms with Crippen molar-refractivity contribution in [1.82, 2.24) is 5.01 Å². The van der Waals surface area contributed by atoms with Gasteiger partial charge in [-0.2, -0.15) is 5.10 Å². The number of ether oxygens (including phenoxy) is 2. The molecule has 2 aromatic carbocycles. The van der Waals surface area contributed by atoms with E-state index < -0.39 is 0 Å². The highest BCUT2D eigenvalue weighted by molar-refractivity contribution is 7.10. The second-order valence-corrected chi connectivity index (χ2v) is 8.20. The molecule has 1 aliphatic heterocycles. The molecule has 1 aromatic heterocycles. The summed E-state index contributed by atoms with van der Waals surface area (Å²) in [7, 11) is 1.48. The number of methoxy groups -OCH3 is 1. The van der Waals surface area contributed by atoms with E-state index in [9.17, 15) is 9.59 Å². The Morgan fingerprint density at radius 2 is 2.06 bits per heavy atom. The molecule has 0 fully saturated rings. The van der Waals surface area contributed by atoms with Crippen molar-refractivity contribution in [3.05, 3.63) is 81.0 Å². The molecule has 6 nitrogen and oxygen atoms in total. The maximum Gasteiger partial charge on any atom is 0.281 e. The number of halogens is 1. The summed E-state index contributed by atoms with van der Waals surface area (Å²) in [6.07, 6.45) is 1.28. The highest BCUT2D eigenvalue weighted by Gasteiger charge is 2.34. The first-order chi connectivity index (χ1) is 15.1. The lowest BCUT2D eigenvalue weighted by atomic mass is 10.0. The third-order valence-electron chi connectivity index (χ3n) is 4.90. The Morgan fingerprint density at radius 3 is 2.77 bits per heavy atom. The number of rotatable bonds is 7. The van der Waals surface area contributed by atoms with Crippen LogP contribution >= 0.6 is 22.9 Å². The van der Waals surface area contributed by atoms with E-state index in [1.807, 2.05) is 41.8 Å². The van der Waals surface area contributed by atoms with Gasteiger partial charge in [0.2, 0.25) is 0 Å². The molecule has 8 heteroatoms. The quantitative estimate of drug-likeness (QED) is 0.472. The second-order valence-electron chi connectivity index (χ2n) is 6.82. The normalized spacial score (nSPS) is 15.5. The van der Waals surface area contributed by atoms with Crippen molar-refractivity contribution in [2.45, 2.75) is 12.5 Å². The number of hydrazone groups is 1. The van der Waals surface area contributed by atoms with Gasteiger partial charge in [-0.3, -0.25) is 9.59 Å². The summed E-state index contributed by atoms with van der Waals surface area (Å²) >= 11 is 7.93. The van der Waals surface area contributed by atoms with E-state index in [0.29, 0.717) is 28.5 Å². The maximum atomic E-state index is 13.1. The van der Waals surface area contributed by atoms with Gasteiger partial charge in [0.1, 0.15) is 6.29 Å². The zero-order valence-electron chi connectivity index (χ0n) is 16.7. The highest BCUT2D eigenvalue weighted by atomic mass is 35.5. The molecular weight excluding hydrogens is 436 g/mol. The van der Waals surface area contributed by atoms with Gasteiger partial charge in [-0.25, -0.2) is 5.01 Å². The Morgan fingerprint density at radius 1 is 1.23 bits per heavy atom. The first kappa shape index (κ1) is 21.1. The molecule has 1 amide bonds. The molecule has 2 heterocycles. The minimum absolute atomic E-state index is 0.221. The van der Waals surface area contributed by atoms with Crippen molar-refractivity contribution < 1.29 is 19.1 Å². The molecule has 1 aliphatic rings. The van der Waals surface area contributed by atoms with Crippen LogP contribution in [-0.4, -0.2) is 36.6 Å². The summed E-state index contributed by atoms with van der Waals surface area (Å²) in [5.74, 6) is 0.472. The standard InChI is InChI=1S/C23H19ClN2O4S/c1-29-21-11-15(13-27)8-9-20(21)30-14-23(28)26-19(22-7-4-10-31-22)12-18(25-26)16-5-2-3-6-17(16)24/h2-11,13,19H,12,14H2,1H3. The summed E-state index contributed by atoms with van der Waals surface area (Å²) in [5.41, 5.74) is 2.03. The number of carbonyl (C=O) groups is 2. The van der Waals surface area contributed by atoms with Gasteiger partial charge in [0.25, 0.3) is 5.91 Å². The number of hydrogen-bond acceptors (Lipinski definition) is 6. The van der Waals surface area contributed by atoms with Crippen molar-refractivity contribution in [1.29, 1.82) is 0 Å². The van der Waals surface area contributed by atoms with Gasteiger partial charge in [0.05, 0.1) is 18.9 Å². The van der Waals surface area contributed by atoms with Gasteiger partial charge in [-0.15, -0.1) is 11.3 Å². The highest BCUT2D eigenvalue weighted by Crippen LogP contribution is 2.36. The van der Waals surface area contributed by atoms with Crippen LogP contribution in [0, 0.1) is 0 Å². The van der Waals surface area contributed by atoms with E-state index in [0.717, 1.165) is 22.4 Å². The molecule has 1 atom stereocenters. The van der Waals surface area contributed by atoms with Gasteiger partial charge < -0.3 is 9.47 Å². The Kier molecular flexibility index (Phi) is 6.34. The molecule has 0 aliphatic carbocycles. The Labute approximate surface area is 188 Å². The lowest BCUT2D eigenvalue weighted by Gasteiger charge is -2.21. The summed E-state index contributed by atoms with van der Waals surface area (Å²) in [6.45, 7) is -0.224. The minimum atomic E-state index is -0.290. The van der Waals surface area contributed by atoms with Crippen LogP contribution in [0.2, 0.25) is 5.02 Å². The Bertz CT molecular complexity index is 1130. The monoisotopic (exact) mass is 454 g/mol. The summed E-state index contributed by atoms with van der Waals surface area (Å²) in [6, 6.07) is 16.0. The van der Waals surface area contributed by atoms with Gasteiger partial charge >= 0.3 is 0 Å². The third-order valence-corrected chi connectivity index (χ3v) is 6.20. The second kappa shape index (κ2) is 9.32. The first-order valence-corrected chi connectivity index (χ1v) is 10.8. The van der Waals surface area contributed by atoms with Crippen LogP contribution in [0.4, 0.5) is 0 Å². The fraction of sp³-hybridized carbons (Fsp3) is 0.174. The number of carbonyl (C=O) groups excluding carboxylic acids is 2. The SMILES string of the molecule is COc1cc(C=O)ccc1OCC(=O)N1N=C(c2ccccc2Cl)CC1c1cccs1. The smallest absolute Gasteiger partial charge is 0.281 e. The molecule has 0 saturated heterocycles. The first-order valence-electron chi connectivity index (χ1n) is 9.54. The predicted octanol–water partition coefficient (Wildman–Crippen LogP) is 4.98. The molecule has 0 saturated carbocycles. The molecular formula is C23H19ClN2O4S. The van der Waals surface area contributed by atoms with Crippen molar-refractivity contribution in [2.24, 2.45) is 5.10 Å². The number of thiophene rings is 1. The maximum absolute atomic E-state index is 13.1. The molecule has 158 valence electrons. The van der Waals surface area contributed by atoms with E-state index in [1.165, 1.54) is 12.1 Å². The topological polar surface area (TPSA) is 68.2 Å². The largest absolute Gasteiger partial charge is 0.493 e. The fourth-order valence-corrected chi connectivity index (χ4v) is 4.44. The van der Waals surface area contributed by atoms with Gasteiger partial charge in [0, 0.05) is 27.4 Å². The zero-order chi connectivity index (χ0) is 21.8. The lowest BCUT2D eigenvalue weighted by molar-refractivity contribution is -0.135. The molecule has 31 heavy (non-hydrogen) atoms. The van der Waals surface area contributed by atoms with Crippen LogP contribution < -0.4 is 9.47 Å². The lowest BCUT2D eigenvalue weighted by Crippen LogP contribution is -2.31. The third kappa shape index (κ3) is 4.47. The van der Waals surface area contributed by atoms with Crippen molar-refractivity contribution in [2.75, 3.05) is 13.7 Å². The van der Waals surface area contributed by atoms with Crippen molar-refractivity contribution in [3.8, 4) is 11.5 Å². The van der Waals surface area contributed by atoms with Gasteiger partial charge in [-0.1, -0.05) is 35.9 Å². The average Bonchev–Trinajstić information content (AvgIpc) is 3.47.